The van der Waals surface area contributed by atoms with Crippen LogP contribution in [0.5, 0.6) is 5.75 Å². The first-order chi connectivity index (χ1) is 12.7. The Morgan fingerprint density at radius 1 is 1.12 bits per heavy atom. The first-order valence-electron chi connectivity index (χ1n) is 8.71. The van der Waals surface area contributed by atoms with Gasteiger partial charge in [-0.3, -0.25) is 9.79 Å². The molecule has 0 aliphatic carbocycles. The number of hydrogen-bond donors (Lipinski definition) is 2. The van der Waals surface area contributed by atoms with Crippen LogP contribution in [0.15, 0.2) is 53.5 Å². The van der Waals surface area contributed by atoms with Crippen molar-refractivity contribution in [3.8, 4) is 5.75 Å². The third-order valence-electron chi connectivity index (χ3n) is 4.40. The molecule has 3 rings (SSSR count). The largest absolute Gasteiger partial charge is 0.497 e. The lowest BCUT2D eigenvalue weighted by molar-refractivity contribution is 0.0954. The molecule has 0 atom stereocenters. The number of nitrogens with one attached hydrogen (secondary N) is 2. The average molecular weight is 352 g/mol. The molecule has 0 bridgehead atoms. The van der Waals surface area contributed by atoms with E-state index in [1.807, 2.05) is 6.07 Å². The number of nitrogens with zero attached hydrogens (tertiary/aromatic N) is 2. The van der Waals surface area contributed by atoms with Gasteiger partial charge < -0.3 is 20.3 Å². The third kappa shape index (κ3) is 3.96. The first-order valence-corrected chi connectivity index (χ1v) is 8.71. The van der Waals surface area contributed by atoms with Gasteiger partial charge in [0.05, 0.1) is 7.11 Å². The summed E-state index contributed by atoms with van der Waals surface area (Å²) in [7, 11) is 3.38. The molecular formula is C20H24N4O2. The lowest BCUT2D eigenvalue weighted by Crippen LogP contribution is -2.43. The van der Waals surface area contributed by atoms with E-state index in [0.717, 1.165) is 24.7 Å². The summed E-state index contributed by atoms with van der Waals surface area (Å²) >= 11 is 0. The normalized spacial score (nSPS) is 13.3. The Balaban J connectivity index is 1.49. The fourth-order valence-electron chi connectivity index (χ4n) is 3.05. The summed E-state index contributed by atoms with van der Waals surface area (Å²) < 4.78 is 5.10. The van der Waals surface area contributed by atoms with Crippen LogP contribution < -0.4 is 20.3 Å². The highest BCUT2D eigenvalue weighted by atomic mass is 16.5. The second-order valence-electron chi connectivity index (χ2n) is 5.99. The van der Waals surface area contributed by atoms with Crippen LogP contribution in [0.3, 0.4) is 0 Å². The van der Waals surface area contributed by atoms with Crippen LogP contribution in [0.2, 0.25) is 0 Å². The molecule has 6 heteroatoms. The van der Waals surface area contributed by atoms with Crippen molar-refractivity contribution < 1.29 is 9.53 Å². The van der Waals surface area contributed by atoms with Crippen LogP contribution >= 0.6 is 0 Å². The summed E-state index contributed by atoms with van der Waals surface area (Å²) in [5, 5.41) is 6.23. The Hall–Kier alpha value is -3.02. The topological polar surface area (TPSA) is 66.0 Å². The van der Waals surface area contributed by atoms with Crippen molar-refractivity contribution in [2.45, 2.75) is 6.42 Å². The van der Waals surface area contributed by atoms with E-state index in [4.69, 9.17) is 4.74 Å². The zero-order chi connectivity index (χ0) is 18.4. The molecule has 2 aromatic carbocycles. The molecule has 0 spiro atoms. The number of amides is 1. The summed E-state index contributed by atoms with van der Waals surface area (Å²) in [5.41, 5.74) is 3.15. The molecule has 0 radical (unpaired) electrons. The molecule has 1 amide bonds. The van der Waals surface area contributed by atoms with E-state index < -0.39 is 0 Å². The quantitative estimate of drug-likeness (QED) is 0.491. The van der Waals surface area contributed by atoms with Crippen LogP contribution in [0.25, 0.3) is 0 Å². The molecule has 1 heterocycles. The zero-order valence-corrected chi connectivity index (χ0v) is 15.2. The highest BCUT2D eigenvalue weighted by molar-refractivity contribution is 5.98. The number of carbonyl (C=O) groups is 1. The van der Waals surface area contributed by atoms with E-state index in [1.54, 1.807) is 38.4 Å². The Bertz CT molecular complexity index is 787. The predicted molar refractivity (Wildman–Crippen MR) is 104 cm³/mol. The number of guanidine groups is 1. The molecule has 0 aromatic heterocycles. The minimum Gasteiger partial charge on any atom is -0.497 e. The average Bonchev–Trinajstić information content (AvgIpc) is 3.12. The number of para-hydroxylation sites is 1. The van der Waals surface area contributed by atoms with Gasteiger partial charge in [0.25, 0.3) is 5.91 Å². The fourth-order valence-corrected chi connectivity index (χ4v) is 3.05. The van der Waals surface area contributed by atoms with E-state index in [9.17, 15) is 4.79 Å². The van der Waals surface area contributed by atoms with Crippen molar-refractivity contribution >= 4 is 17.6 Å². The number of methoxy groups -OCH3 is 1. The second-order valence-corrected chi connectivity index (χ2v) is 5.99. The molecular weight excluding hydrogens is 328 g/mol. The van der Waals surface area contributed by atoms with Crippen molar-refractivity contribution in [3.05, 3.63) is 59.7 Å². The number of aliphatic imine (C=N–C) groups is 1. The van der Waals surface area contributed by atoms with Gasteiger partial charge in [-0.15, -0.1) is 0 Å². The van der Waals surface area contributed by atoms with Crippen LogP contribution in [0.4, 0.5) is 5.69 Å². The van der Waals surface area contributed by atoms with Gasteiger partial charge in [0, 0.05) is 37.9 Å². The summed E-state index contributed by atoms with van der Waals surface area (Å²) in [6.07, 6.45) is 1.02. The van der Waals surface area contributed by atoms with Gasteiger partial charge in [-0.05, 0) is 42.3 Å². The summed E-state index contributed by atoms with van der Waals surface area (Å²) in [6, 6.07) is 15.4. The van der Waals surface area contributed by atoms with Crippen molar-refractivity contribution in [1.29, 1.82) is 0 Å². The standard InChI is InChI=1S/C20H24N4O2/c1-21-20(24-14-11-15-5-3-4-6-18(15)24)23-13-12-22-19(25)16-7-9-17(26-2)10-8-16/h3-10H,11-14H2,1-2H3,(H,21,23)(H,22,25). The number of carbonyl (C=O) groups excluding carboxylic acids is 1. The van der Waals surface area contributed by atoms with Crippen LogP contribution in [-0.2, 0) is 6.42 Å². The van der Waals surface area contributed by atoms with Gasteiger partial charge in [0.15, 0.2) is 5.96 Å². The molecule has 2 N–H and O–H groups in total. The van der Waals surface area contributed by atoms with Crippen LogP contribution in [-0.4, -0.2) is 45.7 Å². The summed E-state index contributed by atoms with van der Waals surface area (Å²) in [5.74, 6) is 1.46. The molecule has 0 unspecified atom stereocenters. The lowest BCUT2D eigenvalue weighted by atomic mass is 10.2. The summed E-state index contributed by atoms with van der Waals surface area (Å²) in [4.78, 5) is 18.7. The van der Waals surface area contributed by atoms with Crippen LogP contribution in [0, 0.1) is 0 Å². The lowest BCUT2D eigenvalue weighted by Gasteiger charge is -2.22. The molecule has 6 nitrogen and oxygen atoms in total. The Morgan fingerprint density at radius 3 is 2.58 bits per heavy atom. The Kier molecular flexibility index (Phi) is 5.73. The Labute approximate surface area is 153 Å². The van der Waals surface area contributed by atoms with Gasteiger partial charge in [0.1, 0.15) is 5.75 Å². The number of hydrogen-bond acceptors (Lipinski definition) is 3. The molecule has 0 fully saturated rings. The molecule has 136 valence electrons. The second kappa shape index (κ2) is 8.38. The number of fused-ring (bicyclic) bond motifs is 1. The number of benzene rings is 2. The summed E-state index contributed by atoms with van der Waals surface area (Å²) in [6.45, 7) is 2.03. The number of ether oxygens (including phenoxy) is 1. The maximum absolute atomic E-state index is 12.2. The van der Waals surface area contributed by atoms with Crippen molar-refractivity contribution in [2.24, 2.45) is 4.99 Å². The van der Waals surface area contributed by atoms with E-state index >= 15 is 0 Å². The van der Waals surface area contributed by atoms with Gasteiger partial charge in [-0.1, -0.05) is 18.2 Å². The van der Waals surface area contributed by atoms with Gasteiger partial charge in [-0.25, -0.2) is 0 Å². The molecule has 1 aliphatic rings. The highest BCUT2D eigenvalue weighted by Gasteiger charge is 2.22. The first kappa shape index (κ1) is 17.8. The molecule has 0 saturated carbocycles. The van der Waals surface area contributed by atoms with Crippen molar-refractivity contribution in [2.75, 3.05) is 38.7 Å². The fraction of sp³-hybridized carbons (Fsp3) is 0.300. The Morgan fingerprint density at radius 2 is 1.85 bits per heavy atom. The van der Waals surface area contributed by atoms with E-state index in [1.165, 1.54) is 11.3 Å². The molecule has 26 heavy (non-hydrogen) atoms. The van der Waals surface area contributed by atoms with Gasteiger partial charge in [-0.2, -0.15) is 0 Å². The maximum Gasteiger partial charge on any atom is 0.251 e. The van der Waals surface area contributed by atoms with E-state index in [2.05, 4.69) is 38.7 Å². The highest BCUT2D eigenvalue weighted by Crippen LogP contribution is 2.27. The van der Waals surface area contributed by atoms with Crippen molar-refractivity contribution in [1.82, 2.24) is 10.6 Å². The van der Waals surface area contributed by atoms with Gasteiger partial charge >= 0.3 is 0 Å². The maximum atomic E-state index is 12.2. The predicted octanol–water partition coefficient (Wildman–Crippen LogP) is 2.06. The third-order valence-corrected chi connectivity index (χ3v) is 4.40. The SMILES string of the molecule is CN=C(NCCNC(=O)c1ccc(OC)cc1)N1CCc2ccccc21. The molecule has 0 saturated heterocycles. The van der Waals surface area contributed by atoms with E-state index in [0.29, 0.717) is 18.7 Å². The minimum atomic E-state index is -0.101. The number of rotatable bonds is 5. The van der Waals surface area contributed by atoms with Crippen LogP contribution in [0.1, 0.15) is 15.9 Å². The zero-order valence-electron chi connectivity index (χ0n) is 15.2. The monoisotopic (exact) mass is 352 g/mol. The number of anilines is 1. The minimum absolute atomic E-state index is 0.101. The van der Waals surface area contributed by atoms with E-state index in [-0.39, 0.29) is 5.91 Å². The molecule has 1 aliphatic heterocycles. The molecule has 2 aromatic rings. The van der Waals surface area contributed by atoms with Crippen molar-refractivity contribution in [3.63, 3.8) is 0 Å². The smallest absolute Gasteiger partial charge is 0.251 e. The van der Waals surface area contributed by atoms with Gasteiger partial charge in [0.2, 0.25) is 0 Å².